The van der Waals surface area contributed by atoms with Gasteiger partial charge >= 0.3 is 5.69 Å². The Morgan fingerprint density at radius 3 is 2.89 bits per heavy atom. The Bertz CT molecular complexity index is 650. The molecule has 100 valence electrons. The minimum atomic E-state index is -0.252. The number of hydrogen-bond acceptors (Lipinski definition) is 4. The Balaban J connectivity index is 2.09. The molecule has 7 heteroatoms. The third-order valence-electron chi connectivity index (χ3n) is 2.55. The molecule has 5 nitrogen and oxygen atoms in total. The SMILES string of the molecule is CCn1c(SCC(=O)c2ccccc2Br)n[nH]c1=O. The molecule has 2 rings (SSSR count). The predicted molar refractivity (Wildman–Crippen MR) is 77.7 cm³/mol. The summed E-state index contributed by atoms with van der Waals surface area (Å²) in [6.45, 7) is 2.39. The van der Waals surface area contributed by atoms with Gasteiger partial charge in [-0.15, -0.1) is 5.10 Å². The van der Waals surface area contributed by atoms with Gasteiger partial charge in [0.05, 0.1) is 5.75 Å². The molecule has 1 heterocycles. The second kappa shape index (κ2) is 6.21. The molecule has 0 unspecified atom stereocenters. The van der Waals surface area contributed by atoms with Crippen molar-refractivity contribution in [2.75, 3.05) is 5.75 Å². The monoisotopic (exact) mass is 341 g/mol. The van der Waals surface area contributed by atoms with Crippen molar-refractivity contribution in [3.8, 4) is 0 Å². The Kier molecular flexibility index (Phi) is 4.60. The van der Waals surface area contributed by atoms with Crippen LogP contribution in [0.15, 0.2) is 38.7 Å². The van der Waals surface area contributed by atoms with Crippen LogP contribution >= 0.6 is 27.7 Å². The number of rotatable bonds is 5. The highest BCUT2D eigenvalue weighted by atomic mass is 79.9. The van der Waals surface area contributed by atoms with Gasteiger partial charge in [0.15, 0.2) is 10.9 Å². The van der Waals surface area contributed by atoms with Crippen LogP contribution in [-0.4, -0.2) is 26.3 Å². The second-order valence-electron chi connectivity index (χ2n) is 3.75. The van der Waals surface area contributed by atoms with Gasteiger partial charge in [-0.1, -0.05) is 45.9 Å². The lowest BCUT2D eigenvalue weighted by molar-refractivity contribution is 0.102. The third kappa shape index (κ3) is 3.16. The Hall–Kier alpha value is -1.34. The lowest BCUT2D eigenvalue weighted by Gasteiger charge is -2.03. The maximum Gasteiger partial charge on any atom is 0.343 e. The number of thioether (sulfide) groups is 1. The topological polar surface area (TPSA) is 67.8 Å². The number of halogens is 1. The van der Waals surface area contributed by atoms with Crippen LogP contribution in [0.4, 0.5) is 0 Å². The van der Waals surface area contributed by atoms with Crippen LogP contribution in [-0.2, 0) is 6.54 Å². The van der Waals surface area contributed by atoms with E-state index in [-0.39, 0.29) is 17.2 Å². The normalized spacial score (nSPS) is 10.6. The van der Waals surface area contributed by atoms with Crippen LogP contribution in [0.25, 0.3) is 0 Å². The summed E-state index contributed by atoms with van der Waals surface area (Å²) in [6, 6.07) is 7.27. The van der Waals surface area contributed by atoms with Gasteiger partial charge in [0.25, 0.3) is 0 Å². The van der Waals surface area contributed by atoms with E-state index in [0.29, 0.717) is 17.3 Å². The van der Waals surface area contributed by atoms with Crippen molar-refractivity contribution >= 4 is 33.5 Å². The van der Waals surface area contributed by atoms with Gasteiger partial charge in [0.1, 0.15) is 0 Å². The summed E-state index contributed by atoms with van der Waals surface area (Å²) >= 11 is 4.60. The first kappa shape index (κ1) is 14.1. The maximum atomic E-state index is 12.1. The molecule has 2 aromatic rings. The van der Waals surface area contributed by atoms with Gasteiger partial charge in [-0.2, -0.15) is 0 Å². The lowest BCUT2D eigenvalue weighted by atomic mass is 10.1. The largest absolute Gasteiger partial charge is 0.343 e. The highest BCUT2D eigenvalue weighted by Crippen LogP contribution is 2.20. The molecule has 0 saturated carbocycles. The van der Waals surface area contributed by atoms with E-state index in [2.05, 4.69) is 26.1 Å². The summed E-state index contributed by atoms with van der Waals surface area (Å²) in [6.07, 6.45) is 0. The van der Waals surface area contributed by atoms with Crippen LogP contribution in [0, 0.1) is 0 Å². The molecule has 0 spiro atoms. The number of Topliss-reactive ketones (excluding diaryl/α,β-unsaturated/α-hetero) is 1. The average molecular weight is 342 g/mol. The number of hydrogen-bond donors (Lipinski definition) is 1. The van der Waals surface area contributed by atoms with Crippen molar-refractivity contribution < 1.29 is 4.79 Å². The van der Waals surface area contributed by atoms with Gasteiger partial charge in [0.2, 0.25) is 0 Å². The van der Waals surface area contributed by atoms with Crippen LogP contribution in [0.3, 0.4) is 0 Å². The van der Waals surface area contributed by atoms with E-state index < -0.39 is 0 Å². The Labute approximate surface area is 122 Å². The van der Waals surface area contributed by atoms with Crippen molar-refractivity contribution in [1.29, 1.82) is 0 Å². The summed E-state index contributed by atoms with van der Waals surface area (Å²) in [7, 11) is 0. The van der Waals surface area contributed by atoms with E-state index in [1.807, 2.05) is 25.1 Å². The van der Waals surface area contributed by atoms with E-state index in [1.165, 1.54) is 16.3 Å². The highest BCUT2D eigenvalue weighted by molar-refractivity contribution is 9.10. The lowest BCUT2D eigenvalue weighted by Crippen LogP contribution is -2.16. The standard InChI is InChI=1S/C12H12BrN3O2S/c1-2-16-11(18)14-15-12(16)19-7-10(17)8-5-3-4-6-9(8)13/h3-6H,2,7H2,1H3,(H,14,18). The molecule has 0 atom stereocenters. The molecule has 0 saturated heterocycles. The number of nitrogens with one attached hydrogen (secondary N) is 1. The van der Waals surface area contributed by atoms with Crippen LogP contribution in [0.5, 0.6) is 0 Å². The van der Waals surface area contributed by atoms with Crippen molar-refractivity contribution in [2.45, 2.75) is 18.6 Å². The van der Waals surface area contributed by atoms with E-state index >= 15 is 0 Å². The average Bonchev–Trinajstić information content (AvgIpc) is 2.77. The van der Waals surface area contributed by atoms with E-state index in [4.69, 9.17) is 0 Å². The number of nitrogens with zero attached hydrogens (tertiary/aromatic N) is 2. The first-order chi connectivity index (χ1) is 9.13. The zero-order chi connectivity index (χ0) is 13.8. The summed E-state index contributed by atoms with van der Waals surface area (Å²) < 4.78 is 2.27. The van der Waals surface area contributed by atoms with Crippen molar-refractivity contribution in [2.24, 2.45) is 0 Å². The first-order valence-electron chi connectivity index (χ1n) is 5.69. The number of aromatic nitrogens is 3. The third-order valence-corrected chi connectivity index (χ3v) is 4.21. The minimum absolute atomic E-state index is 0.00410. The Morgan fingerprint density at radius 2 is 2.21 bits per heavy atom. The van der Waals surface area contributed by atoms with Gasteiger partial charge in [-0.05, 0) is 13.0 Å². The predicted octanol–water partition coefficient (Wildman–Crippen LogP) is 2.33. The zero-order valence-electron chi connectivity index (χ0n) is 10.2. The molecule has 1 N–H and O–H groups in total. The second-order valence-corrected chi connectivity index (χ2v) is 5.54. The number of aromatic amines is 1. The number of benzene rings is 1. The zero-order valence-corrected chi connectivity index (χ0v) is 12.6. The molecule has 0 bridgehead atoms. The fourth-order valence-corrected chi connectivity index (χ4v) is 2.99. The molecule has 0 aliphatic rings. The molecule has 0 amide bonds. The molecule has 0 radical (unpaired) electrons. The van der Waals surface area contributed by atoms with Gasteiger partial charge in [-0.25, -0.2) is 9.89 Å². The fourth-order valence-electron chi connectivity index (χ4n) is 1.59. The quantitative estimate of drug-likeness (QED) is 0.669. The molecule has 19 heavy (non-hydrogen) atoms. The van der Waals surface area contributed by atoms with E-state index in [9.17, 15) is 9.59 Å². The van der Waals surface area contributed by atoms with Crippen molar-refractivity contribution in [3.63, 3.8) is 0 Å². The van der Waals surface area contributed by atoms with E-state index in [0.717, 1.165) is 4.47 Å². The van der Waals surface area contributed by atoms with Crippen molar-refractivity contribution in [3.05, 3.63) is 44.8 Å². The molecule has 0 fully saturated rings. The number of carbonyl (C=O) groups is 1. The molecule has 1 aromatic heterocycles. The van der Waals surface area contributed by atoms with Crippen LogP contribution in [0.1, 0.15) is 17.3 Å². The van der Waals surface area contributed by atoms with Gasteiger partial charge in [0, 0.05) is 16.6 Å². The number of carbonyl (C=O) groups excluding carboxylic acids is 1. The fraction of sp³-hybridized carbons (Fsp3) is 0.250. The van der Waals surface area contributed by atoms with Gasteiger partial charge in [-0.3, -0.25) is 9.36 Å². The summed E-state index contributed by atoms with van der Waals surface area (Å²) in [4.78, 5) is 23.4. The summed E-state index contributed by atoms with van der Waals surface area (Å²) in [5.41, 5.74) is 0.384. The molecule has 0 aliphatic carbocycles. The summed E-state index contributed by atoms with van der Waals surface area (Å²) in [5, 5.41) is 6.81. The molecule has 0 aliphatic heterocycles. The van der Waals surface area contributed by atoms with Crippen LogP contribution in [0.2, 0.25) is 0 Å². The van der Waals surface area contributed by atoms with E-state index in [1.54, 1.807) is 6.07 Å². The van der Waals surface area contributed by atoms with Crippen molar-refractivity contribution in [1.82, 2.24) is 14.8 Å². The summed E-state index contributed by atoms with van der Waals surface area (Å²) in [5.74, 6) is 0.239. The number of ketones is 1. The molecular weight excluding hydrogens is 330 g/mol. The number of H-pyrrole nitrogens is 1. The maximum absolute atomic E-state index is 12.1. The smallest absolute Gasteiger partial charge is 0.293 e. The first-order valence-corrected chi connectivity index (χ1v) is 7.47. The highest BCUT2D eigenvalue weighted by Gasteiger charge is 2.13. The minimum Gasteiger partial charge on any atom is -0.293 e. The van der Waals surface area contributed by atoms with Crippen LogP contribution < -0.4 is 5.69 Å². The Morgan fingerprint density at radius 1 is 1.47 bits per heavy atom. The molecular formula is C12H12BrN3O2S. The molecule has 1 aromatic carbocycles. The van der Waals surface area contributed by atoms with Gasteiger partial charge < -0.3 is 0 Å².